The number of likely N-dealkylation sites (N-methyl/N-ethyl adjacent to an activating group) is 1. The van der Waals surface area contributed by atoms with Crippen LogP contribution in [0.3, 0.4) is 0 Å². The number of hydrogen-bond acceptors (Lipinski definition) is 6. The Hall–Kier alpha value is -1.82. The third-order valence-corrected chi connectivity index (χ3v) is 3.24. The van der Waals surface area contributed by atoms with Crippen LogP contribution in [0.1, 0.15) is 37.6 Å². The molecule has 102 valence electrons. The Labute approximate surface area is 112 Å². The lowest BCUT2D eigenvalue weighted by Gasteiger charge is -2.17. The van der Waals surface area contributed by atoms with Gasteiger partial charge in [0.2, 0.25) is 17.5 Å². The Kier molecular flexibility index (Phi) is 4.21. The van der Waals surface area contributed by atoms with E-state index in [1.165, 1.54) is 0 Å². The van der Waals surface area contributed by atoms with E-state index in [0.29, 0.717) is 17.5 Å². The van der Waals surface area contributed by atoms with Crippen molar-refractivity contribution in [3.8, 4) is 11.6 Å². The lowest BCUT2D eigenvalue weighted by atomic mass is 9.98. The molecule has 19 heavy (non-hydrogen) atoms. The van der Waals surface area contributed by atoms with Gasteiger partial charge in [-0.2, -0.15) is 4.98 Å². The summed E-state index contributed by atoms with van der Waals surface area (Å²) in [5.41, 5.74) is 1.00. The molecule has 0 saturated carbocycles. The second-order valence-corrected chi connectivity index (χ2v) is 4.63. The highest BCUT2D eigenvalue weighted by Crippen LogP contribution is 2.23. The Morgan fingerprint density at radius 3 is 2.53 bits per heavy atom. The highest BCUT2D eigenvalue weighted by atomic mass is 16.5. The Balaban J connectivity index is 2.25. The molecule has 2 heterocycles. The molecule has 2 rings (SSSR count). The number of hydrogen-bond donors (Lipinski definition) is 1. The average Bonchev–Trinajstić information content (AvgIpc) is 2.89. The van der Waals surface area contributed by atoms with Crippen molar-refractivity contribution < 1.29 is 4.52 Å². The van der Waals surface area contributed by atoms with Gasteiger partial charge in [-0.1, -0.05) is 12.1 Å². The summed E-state index contributed by atoms with van der Waals surface area (Å²) in [6, 6.07) is 0.275. The van der Waals surface area contributed by atoms with Crippen molar-refractivity contribution in [3.05, 3.63) is 23.8 Å². The van der Waals surface area contributed by atoms with Crippen LogP contribution in [-0.2, 0) is 0 Å². The average molecular weight is 261 g/mol. The van der Waals surface area contributed by atoms with Gasteiger partial charge in [-0.3, -0.25) is 0 Å². The van der Waals surface area contributed by atoms with E-state index in [4.69, 9.17) is 4.52 Å². The molecule has 1 N–H and O–H groups in total. The largest absolute Gasteiger partial charge is 0.338 e. The van der Waals surface area contributed by atoms with Crippen molar-refractivity contribution in [2.24, 2.45) is 0 Å². The monoisotopic (exact) mass is 261 g/mol. The van der Waals surface area contributed by atoms with Gasteiger partial charge < -0.3 is 9.84 Å². The van der Waals surface area contributed by atoms with Crippen molar-refractivity contribution in [3.63, 3.8) is 0 Å². The van der Waals surface area contributed by atoms with Crippen LogP contribution >= 0.6 is 0 Å². The van der Waals surface area contributed by atoms with Gasteiger partial charge in [-0.05, 0) is 32.9 Å². The molecule has 0 amide bonds. The van der Waals surface area contributed by atoms with Crippen LogP contribution in [0, 0.1) is 6.92 Å². The molecule has 0 aliphatic heterocycles. The smallest absolute Gasteiger partial charge is 0.240 e. The molecule has 2 aromatic heterocycles. The minimum atomic E-state index is 0.191. The third kappa shape index (κ3) is 2.96. The summed E-state index contributed by atoms with van der Waals surface area (Å²) in [6.07, 6.45) is 4.41. The first-order valence-corrected chi connectivity index (χ1v) is 6.45. The Bertz CT molecular complexity index is 522. The normalized spacial score (nSPS) is 14.3. The molecule has 0 spiro atoms. The molecule has 0 saturated heterocycles. The van der Waals surface area contributed by atoms with Crippen LogP contribution in [-0.4, -0.2) is 33.2 Å². The lowest BCUT2D eigenvalue weighted by molar-refractivity contribution is 0.322. The number of nitrogens with one attached hydrogen (secondary N) is 1. The summed E-state index contributed by atoms with van der Waals surface area (Å²) in [5, 5.41) is 7.17. The zero-order chi connectivity index (χ0) is 13.8. The fourth-order valence-electron chi connectivity index (χ4n) is 1.93. The quantitative estimate of drug-likeness (QED) is 0.886. The zero-order valence-corrected chi connectivity index (χ0v) is 11.7. The first kappa shape index (κ1) is 13.6. The first-order chi connectivity index (χ1) is 9.15. The molecule has 6 heteroatoms. The first-order valence-electron chi connectivity index (χ1n) is 6.45. The molecule has 2 aromatic rings. The molecular weight excluding hydrogens is 242 g/mol. The van der Waals surface area contributed by atoms with E-state index in [1.54, 1.807) is 12.4 Å². The Morgan fingerprint density at radius 1 is 1.26 bits per heavy atom. The predicted octanol–water partition coefficient (Wildman–Crippen LogP) is 1.94. The molecule has 2 unspecified atom stereocenters. The maximum Gasteiger partial charge on any atom is 0.240 e. The molecule has 0 radical (unpaired) electrons. The molecule has 0 aliphatic carbocycles. The lowest BCUT2D eigenvalue weighted by Crippen LogP contribution is -2.28. The van der Waals surface area contributed by atoms with Crippen LogP contribution in [0.15, 0.2) is 16.9 Å². The van der Waals surface area contributed by atoms with Crippen LogP contribution in [0.25, 0.3) is 11.6 Å². The SMILES string of the molecule is CCC(c1nc(-c2ncc(C)cn2)no1)C(C)NC. The van der Waals surface area contributed by atoms with Gasteiger partial charge in [0.05, 0.1) is 5.92 Å². The summed E-state index contributed by atoms with van der Waals surface area (Å²) in [6.45, 7) is 6.14. The summed E-state index contributed by atoms with van der Waals surface area (Å²) in [7, 11) is 1.92. The summed E-state index contributed by atoms with van der Waals surface area (Å²) < 4.78 is 5.34. The summed E-state index contributed by atoms with van der Waals surface area (Å²) in [5.74, 6) is 1.75. The van der Waals surface area contributed by atoms with Crippen LogP contribution in [0.2, 0.25) is 0 Å². The summed E-state index contributed by atoms with van der Waals surface area (Å²) >= 11 is 0. The third-order valence-electron chi connectivity index (χ3n) is 3.24. The van der Waals surface area contributed by atoms with E-state index < -0.39 is 0 Å². The molecule has 0 bridgehead atoms. The van der Waals surface area contributed by atoms with Crippen molar-refractivity contribution in [2.45, 2.75) is 39.2 Å². The van der Waals surface area contributed by atoms with Crippen LogP contribution in [0.4, 0.5) is 0 Å². The van der Waals surface area contributed by atoms with Gasteiger partial charge in [0.1, 0.15) is 0 Å². The molecule has 6 nitrogen and oxygen atoms in total. The van der Waals surface area contributed by atoms with E-state index in [1.807, 2.05) is 14.0 Å². The van der Waals surface area contributed by atoms with Gasteiger partial charge >= 0.3 is 0 Å². The summed E-state index contributed by atoms with van der Waals surface area (Å²) in [4.78, 5) is 12.8. The minimum Gasteiger partial charge on any atom is -0.338 e. The van der Waals surface area contributed by atoms with Crippen molar-refractivity contribution in [2.75, 3.05) is 7.05 Å². The fourth-order valence-corrected chi connectivity index (χ4v) is 1.93. The van der Waals surface area contributed by atoms with Gasteiger partial charge in [-0.15, -0.1) is 0 Å². The maximum absolute atomic E-state index is 5.34. The minimum absolute atomic E-state index is 0.191. The van der Waals surface area contributed by atoms with Gasteiger partial charge in [0.25, 0.3) is 0 Å². The number of nitrogens with zero attached hydrogens (tertiary/aromatic N) is 4. The van der Waals surface area contributed by atoms with Crippen LogP contribution < -0.4 is 5.32 Å². The van der Waals surface area contributed by atoms with Crippen molar-refractivity contribution >= 4 is 0 Å². The number of aryl methyl sites for hydroxylation is 1. The topological polar surface area (TPSA) is 76.7 Å². The van der Waals surface area contributed by atoms with E-state index >= 15 is 0 Å². The molecule has 2 atom stereocenters. The van der Waals surface area contributed by atoms with Crippen molar-refractivity contribution in [1.82, 2.24) is 25.4 Å². The van der Waals surface area contributed by atoms with Gasteiger partial charge in [0.15, 0.2) is 0 Å². The maximum atomic E-state index is 5.34. The van der Waals surface area contributed by atoms with E-state index in [0.717, 1.165) is 12.0 Å². The van der Waals surface area contributed by atoms with Gasteiger partial charge in [-0.25, -0.2) is 9.97 Å². The highest BCUT2D eigenvalue weighted by molar-refractivity contribution is 5.41. The second-order valence-electron chi connectivity index (χ2n) is 4.63. The second kappa shape index (κ2) is 5.88. The number of rotatable bonds is 5. The molecule has 0 aromatic carbocycles. The predicted molar refractivity (Wildman–Crippen MR) is 71.6 cm³/mol. The standard InChI is InChI=1S/C13H19N5O/c1-5-10(9(3)14-4)13-17-12(18-19-13)11-15-6-8(2)7-16-11/h6-7,9-10,14H,5H2,1-4H3. The molecule has 0 fully saturated rings. The number of aromatic nitrogens is 4. The zero-order valence-electron chi connectivity index (χ0n) is 11.7. The van der Waals surface area contributed by atoms with E-state index in [9.17, 15) is 0 Å². The van der Waals surface area contributed by atoms with Gasteiger partial charge in [0, 0.05) is 18.4 Å². The Morgan fingerprint density at radius 2 is 1.95 bits per heavy atom. The van der Waals surface area contributed by atoms with E-state index in [2.05, 4.69) is 39.3 Å². The van der Waals surface area contributed by atoms with Crippen LogP contribution in [0.5, 0.6) is 0 Å². The highest BCUT2D eigenvalue weighted by Gasteiger charge is 2.23. The van der Waals surface area contributed by atoms with E-state index in [-0.39, 0.29) is 12.0 Å². The molecule has 0 aliphatic rings. The molecular formula is C13H19N5O. The van der Waals surface area contributed by atoms with Crippen molar-refractivity contribution in [1.29, 1.82) is 0 Å². The fraction of sp³-hybridized carbons (Fsp3) is 0.538.